The molecule has 0 saturated heterocycles. The Morgan fingerprint density at radius 3 is 3.06 bits per heavy atom. The van der Waals surface area contributed by atoms with Gasteiger partial charge >= 0.3 is 0 Å². The summed E-state index contributed by atoms with van der Waals surface area (Å²) in [6.45, 7) is 1.99. The van der Waals surface area contributed by atoms with E-state index in [0.29, 0.717) is 16.6 Å². The molecule has 0 fully saturated rings. The van der Waals surface area contributed by atoms with Crippen molar-refractivity contribution in [3.8, 4) is 12.3 Å². The molecule has 84 valence electrons. The fraction of sp³-hybridized carbons (Fsp3) is 0.333. The predicted octanol–water partition coefficient (Wildman–Crippen LogP) is 2.38. The Morgan fingerprint density at radius 1 is 1.75 bits per heavy atom. The normalized spacial score (nSPS) is 11.6. The quantitative estimate of drug-likeness (QED) is 0.680. The number of nitrogens with zero attached hydrogens (tertiary/aromatic N) is 1. The van der Waals surface area contributed by atoms with Crippen LogP contribution < -0.4 is 5.32 Å². The lowest BCUT2D eigenvalue weighted by molar-refractivity contribution is 0.0935. The minimum atomic E-state index is -0.151. The summed E-state index contributed by atoms with van der Waals surface area (Å²) in [6, 6.07) is 3.46. The van der Waals surface area contributed by atoms with Crippen molar-refractivity contribution < 1.29 is 4.79 Å². The van der Waals surface area contributed by atoms with Crippen LogP contribution >= 0.6 is 15.9 Å². The minimum absolute atomic E-state index is 0.0182. The molecule has 0 aliphatic heterocycles. The number of hydrogen-bond donors (Lipinski definition) is 1. The van der Waals surface area contributed by atoms with E-state index in [0.717, 1.165) is 6.42 Å². The molecule has 4 heteroatoms. The molecule has 16 heavy (non-hydrogen) atoms. The fourth-order valence-corrected chi connectivity index (χ4v) is 1.69. The Hall–Kier alpha value is -1.34. The van der Waals surface area contributed by atoms with Crippen LogP contribution in [0, 0.1) is 12.3 Å². The maximum absolute atomic E-state index is 11.9. The van der Waals surface area contributed by atoms with Gasteiger partial charge in [0.25, 0.3) is 5.91 Å². The number of rotatable bonds is 4. The van der Waals surface area contributed by atoms with Crippen molar-refractivity contribution >= 4 is 21.8 Å². The lowest BCUT2D eigenvalue weighted by Crippen LogP contribution is -2.34. The summed E-state index contributed by atoms with van der Waals surface area (Å²) in [4.78, 5) is 15.9. The van der Waals surface area contributed by atoms with Gasteiger partial charge in [-0.05, 0) is 34.5 Å². The van der Waals surface area contributed by atoms with Gasteiger partial charge in [-0.3, -0.25) is 4.79 Å². The van der Waals surface area contributed by atoms with Crippen molar-refractivity contribution in [2.45, 2.75) is 25.8 Å². The largest absolute Gasteiger partial charge is 0.348 e. The number of carbonyl (C=O) groups is 1. The van der Waals surface area contributed by atoms with Crippen LogP contribution in [0.25, 0.3) is 0 Å². The number of carbonyl (C=O) groups excluding carboxylic acids is 1. The number of nitrogens with one attached hydrogen (secondary N) is 1. The summed E-state index contributed by atoms with van der Waals surface area (Å²) in [7, 11) is 0. The Bertz CT molecular complexity index is 412. The molecule has 1 aromatic heterocycles. The first kappa shape index (κ1) is 12.7. The van der Waals surface area contributed by atoms with Crippen molar-refractivity contribution in [3.05, 3.63) is 28.5 Å². The third-order valence-electron chi connectivity index (χ3n) is 2.20. The molecule has 1 amide bonds. The van der Waals surface area contributed by atoms with Crippen molar-refractivity contribution in [2.24, 2.45) is 0 Å². The van der Waals surface area contributed by atoms with Crippen LogP contribution in [-0.2, 0) is 0 Å². The third kappa shape index (κ3) is 3.35. The lowest BCUT2D eigenvalue weighted by Gasteiger charge is -2.14. The van der Waals surface area contributed by atoms with E-state index in [1.807, 2.05) is 6.92 Å². The van der Waals surface area contributed by atoms with E-state index in [-0.39, 0.29) is 11.9 Å². The first-order valence-corrected chi connectivity index (χ1v) is 5.83. The van der Waals surface area contributed by atoms with Gasteiger partial charge in [0.2, 0.25) is 0 Å². The van der Waals surface area contributed by atoms with Gasteiger partial charge in [0.15, 0.2) is 0 Å². The van der Waals surface area contributed by atoms with Crippen LogP contribution in [0.15, 0.2) is 22.9 Å². The van der Waals surface area contributed by atoms with E-state index in [4.69, 9.17) is 6.42 Å². The van der Waals surface area contributed by atoms with Gasteiger partial charge in [-0.2, -0.15) is 0 Å². The van der Waals surface area contributed by atoms with Gasteiger partial charge in [0.1, 0.15) is 4.60 Å². The molecular formula is C12H13BrN2O. The maximum atomic E-state index is 11.9. The fourth-order valence-electron chi connectivity index (χ4n) is 1.26. The molecule has 1 N–H and O–H groups in total. The van der Waals surface area contributed by atoms with Crippen LogP contribution in [0.1, 0.15) is 30.1 Å². The van der Waals surface area contributed by atoms with Gasteiger partial charge in [0, 0.05) is 18.7 Å². The van der Waals surface area contributed by atoms with Gasteiger partial charge in [-0.1, -0.05) is 6.92 Å². The molecule has 1 heterocycles. The van der Waals surface area contributed by atoms with Crippen LogP contribution in [0.4, 0.5) is 0 Å². The van der Waals surface area contributed by atoms with Crippen LogP contribution in [-0.4, -0.2) is 16.9 Å². The summed E-state index contributed by atoms with van der Waals surface area (Å²) >= 11 is 3.24. The third-order valence-corrected chi connectivity index (χ3v) is 2.83. The maximum Gasteiger partial charge on any atom is 0.254 e. The molecule has 3 nitrogen and oxygen atoms in total. The smallest absolute Gasteiger partial charge is 0.254 e. The molecule has 1 rings (SSSR count). The highest BCUT2D eigenvalue weighted by Gasteiger charge is 2.13. The van der Waals surface area contributed by atoms with E-state index in [9.17, 15) is 4.79 Å². The Labute approximate surface area is 104 Å². The Kier molecular flexibility index (Phi) is 5.00. The SMILES string of the molecule is C#CCC(CC)NC(=O)c1cccnc1Br. The molecule has 1 aromatic rings. The predicted molar refractivity (Wildman–Crippen MR) is 66.9 cm³/mol. The Balaban J connectivity index is 2.73. The molecule has 0 aromatic carbocycles. The van der Waals surface area contributed by atoms with Crippen molar-refractivity contribution in [1.29, 1.82) is 0 Å². The van der Waals surface area contributed by atoms with Crippen LogP contribution in [0.2, 0.25) is 0 Å². The average Bonchev–Trinajstić information content (AvgIpc) is 2.28. The summed E-state index contributed by atoms with van der Waals surface area (Å²) in [5.41, 5.74) is 0.526. The first-order chi connectivity index (χ1) is 7.69. The molecule has 0 radical (unpaired) electrons. The molecular weight excluding hydrogens is 268 g/mol. The molecule has 0 bridgehead atoms. The summed E-state index contributed by atoms with van der Waals surface area (Å²) < 4.78 is 0.545. The first-order valence-electron chi connectivity index (χ1n) is 5.03. The van der Waals surface area contributed by atoms with Crippen LogP contribution in [0.3, 0.4) is 0 Å². The average molecular weight is 281 g/mol. The van der Waals surface area contributed by atoms with E-state index >= 15 is 0 Å². The highest BCUT2D eigenvalue weighted by atomic mass is 79.9. The van der Waals surface area contributed by atoms with Gasteiger partial charge in [-0.25, -0.2) is 4.98 Å². The van der Waals surface area contributed by atoms with Crippen molar-refractivity contribution in [3.63, 3.8) is 0 Å². The standard InChI is InChI=1S/C12H13BrN2O/c1-3-6-9(4-2)15-12(16)10-7-5-8-14-11(10)13/h1,5,7-9H,4,6H2,2H3,(H,15,16). The monoisotopic (exact) mass is 280 g/mol. The highest BCUT2D eigenvalue weighted by molar-refractivity contribution is 9.10. The summed E-state index contributed by atoms with van der Waals surface area (Å²) in [5.74, 6) is 2.40. The summed E-state index contributed by atoms with van der Waals surface area (Å²) in [5, 5.41) is 2.87. The zero-order valence-electron chi connectivity index (χ0n) is 9.03. The zero-order chi connectivity index (χ0) is 12.0. The zero-order valence-corrected chi connectivity index (χ0v) is 10.6. The van der Waals surface area contributed by atoms with Gasteiger partial charge < -0.3 is 5.32 Å². The van der Waals surface area contributed by atoms with E-state index in [1.54, 1.807) is 18.3 Å². The second kappa shape index (κ2) is 6.29. The second-order valence-corrected chi connectivity index (χ2v) is 4.08. The number of pyridine rings is 1. The number of amides is 1. The van der Waals surface area contributed by atoms with Gasteiger partial charge in [0.05, 0.1) is 5.56 Å². The number of halogens is 1. The lowest BCUT2D eigenvalue weighted by atomic mass is 10.1. The van der Waals surface area contributed by atoms with Crippen molar-refractivity contribution in [2.75, 3.05) is 0 Å². The molecule has 1 unspecified atom stereocenters. The molecule has 0 spiro atoms. The highest BCUT2D eigenvalue weighted by Crippen LogP contribution is 2.12. The van der Waals surface area contributed by atoms with Gasteiger partial charge in [-0.15, -0.1) is 12.3 Å². The topological polar surface area (TPSA) is 42.0 Å². The number of hydrogen-bond acceptors (Lipinski definition) is 2. The molecule has 0 aliphatic rings. The van der Waals surface area contributed by atoms with E-state index in [2.05, 4.69) is 32.2 Å². The molecule has 1 atom stereocenters. The minimum Gasteiger partial charge on any atom is -0.348 e. The molecule has 0 aliphatic carbocycles. The summed E-state index contributed by atoms with van der Waals surface area (Å²) in [6.07, 6.45) is 8.21. The number of terminal acetylenes is 1. The number of aromatic nitrogens is 1. The van der Waals surface area contributed by atoms with Crippen molar-refractivity contribution in [1.82, 2.24) is 10.3 Å². The van der Waals surface area contributed by atoms with E-state index in [1.165, 1.54) is 0 Å². The van der Waals surface area contributed by atoms with E-state index < -0.39 is 0 Å². The van der Waals surface area contributed by atoms with Crippen LogP contribution in [0.5, 0.6) is 0 Å². The second-order valence-electron chi connectivity index (χ2n) is 3.33. The molecule has 0 saturated carbocycles. The Morgan fingerprint density at radius 2 is 2.50 bits per heavy atom.